The van der Waals surface area contributed by atoms with E-state index in [0.717, 1.165) is 55.2 Å². The molecule has 6 aromatic carbocycles. The number of pyridine rings is 1. The summed E-state index contributed by atoms with van der Waals surface area (Å²) in [6, 6.07) is 41.3. The van der Waals surface area contributed by atoms with Crippen molar-refractivity contribution < 1.29 is 8.53 Å². The van der Waals surface area contributed by atoms with Crippen LogP contribution >= 0.6 is 0 Å². The Labute approximate surface area is 289 Å². The smallest absolute Gasteiger partial charge is 0.149 e. The van der Waals surface area contributed by atoms with Gasteiger partial charge in [0.05, 0.1) is 27.8 Å². The maximum absolute atomic E-state index is 8.24. The van der Waals surface area contributed by atoms with Crippen LogP contribution in [0.2, 0.25) is 0 Å². The quantitative estimate of drug-likeness (QED) is 0.176. The van der Waals surface area contributed by atoms with Gasteiger partial charge >= 0.3 is 0 Å². The molecule has 0 N–H and O–H groups in total. The normalized spacial score (nSPS) is 13.3. The van der Waals surface area contributed by atoms with Crippen LogP contribution in [0.4, 0.5) is 0 Å². The van der Waals surface area contributed by atoms with Crippen LogP contribution in [0.25, 0.3) is 82.8 Å². The number of hydrogen-bond acceptors (Lipinski definition) is 3. The van der Waals surface area contributed by atoms with Crippen molar-refractivity contribution >= 4 is 54.6 Å². The zero-order valence-corrected chi connectivity index (χ0v) is 28.0. The minimum absolute atomic E-state index is 0.109. The zero-order valence-electron chi connectivity index (χ0n) is 31.0. The standard InChI is InChI=1S/C45H37N3O/c1-26(2)35-24-30(29-14-7-6-8-15-29)25-36(27(3)4)43(35)48-39-21-12-11-20-37(39)47-45(48)34-19-13-18-33-42-40(49-44(33)34)23-22-38-41(42)32-17-10-9-16-31(32)28(5)46-38/h6-27H,1-5H3/i5D3. The van der Waals surface area contributed by atoms with Crippen LogP contribution in [0, 0.1) is 6.85 Å². The number of hydrogen-bond donors (Lipinski definition) is 0. The molecule has 238 valence electrons. The van der Waals surface area contributed by atoms with E-state index < -0.39 is 6.85 Å². The highest BCUT2D eigenvalue weighted by Gasteiger charge is 2.26. The summed E-state index contributed by atoms with van der Waals surface area (Å²) in [7, 11) is 0. The van der Waals surface area contributed by atoms with Crippen LogP contribution in [-0.4, -0.2) is 14.5 Å². The fourth-order valence-electron chi connectivity index (χ4n) is 7.56. The number of para-hydroxylation sites is 3. The SMILES string of the molecule is [2H]C([2H])([2H])c1nc2ccc3oc4c(-c5nc6ccccc6n5-c5c(C(C)C)cc(-c6ccccc6)cc5C(C)C)cccc4c3c2c2ccccc12. The molecule has 0 aliphatic heterocycles. The fraction of sp³-hybridized carbons (Fsp3) is 0.156. The van der Waals surface area contributed by atoms with E-state index >= 15 is 0 Å². The third-order valence-corrected chi connectivity index (χ3v) is 9.87. The van der Waals surface area contributed by atoms with Crippen LogP contribution in [0.1, 0.15) is 60.5 Å². The summed E-state index contributed by atoms with van der Waals surface area (Å²) in [5.41, 5.74) is 11.0. The van der Waals surface area contributed by atoms with E-state index in [0.29, 0.717) is 16.5 Å². The second-order valence-electron chi connectivity index (χ2n) is 13.6. The van der Waals surface area contributed by atoms with Crippen molar-refractivity contribution in [2.24, 2.45) is 0 Å². The molecule has 0 aliphatic rings. The Kier molecular flexibility index (Phi) is 5.98. The lowest BCUT2D eigenvalue weighted by Crippen LogP contribution is -2.09. The zero-order chi connectivity index (χ0) is 35.9. The summed E-state index contributed by atoms with van der Waals surface area (Å²) >= 11 is 0. The summed E-state index contributed by atoms with van der Waals surface area (Å²) < 4.78 is 33.9. The first kappa shape index (κ1) is 26.2. The average molecular weight is 639 g/mol. The van der Waals surface area contributed by atoms with Crippen LogP contribution in [0.15, 0.2) is 126 Å². The molecule has 0 radical (unpaired) electrons. The number of rotatable bonds is 5. The summed E-state index contributed by atoms with van der Waals surface area (Å²) in [5.74, 6) is 1.28. The van der Waals surface area contributed by atoms with Crippen molar-refractivity contribution in [2.45, 2.75) is 46.4 Å². The number of nitrogens with zero attached hydrogens (tertiary/aromatic N) is 3. The molecular weight excluding hydrogens is 599 g/mol. The van der Waals surface area contributed by atoms with Gasteiger partial charge in [-0.15, -0.1) is 0 Å². The number of aromatic nitrogens is 3. The maximum atomic E-state index is 8.24. The number of benzene rings is 6. The lowest BCUT2D eigenvalue weighted by molar-refractivity contribution is 0.669. The topological polar surface area (TPSA) is 43.9 Å². The molecule has 9 aromatic rings. The largest absolute Gasteiger partial charge is 0.455 e. The van der Waals surface area contributed by atoms with Gasteiger partial charge in [0.2, 0.25) is 0 Å². The van der Waals surface area contributed by atoms with Gasteiger partial charge in [-0.3, -0.25) is 9.55 Å². The van der Waals surface area contributed by atoms with Crippen LogP contribution < -0.4 is 0 Å². The molecule has 0 atom stereocenters. The van der Waals surface area contributed by atoms with Gasteiger partial charge in [-0.2, -0.15) is 0 Å². The van der Waals surface area contributed by atoms with E-state index in [1.807, 2.05) is 42.5 Å². The van der Waals surface area contributed by atoms with Gasteiger partial charge in [0.15, 0.2) is 0 Å². The summed E-state index contributed by atoms with van der Waals surface area (Å²) in [4.78, 5) is 10.1. The molecular formula is C45H37N3O. The van der Waals surface area contributed by atoms with Gasteiger partial charge in [-0.25, -0.2) is 4.98 Å². The first-order chi connectivity index (χ1) is 25.1. The Morgan fingerprint density at radius 1 is 0.612 bits per heavy atom. The molecule has 0 bridgehead atoms. The van der Waals surface area contributed by atoms with Crippen molar-refractivity contribution in [3.63, 3.8) is 0 Å². The van der Waals surface area contributed by atoms with Gasteiger partial charge in [-0.05, 0) is 88.8 Å². The minimum atomic E-state index is -2.35. The van der Waals surface area contributed by atoms with Crippen molar-refractivity contribution in [3.8, 4) is 28.2 Å². The number of fused-ring (bicyclic) bond motifs is 8. The second-order valence-corrected chi connectivity index (χ2v) is 13.6. The highest BCUT2D eigenvalue weighted by molar-refractivity contribution is 6.27. The predicted molar refractivity (Wildman–Crippen MR) is 205 cm³/mol. The molecule has 3 heterocycles. The van der Waals surface area contributed by atoms with Crippen molar-refractivity contribution in [2.75, 3.05) is 0 Å². The number of imidazole rings is 1. The maximum Gasteiger partial charge on any atom is 0.149 e. The molecule has 0 saturated heterocycles. The third-order valence-electron chi connectivity index (χ3n) is 9.87. The van der Waals surface area contributed by atoms with Gasteiger partial charge in [0, 0.05) is 31.4 Å². The Hall–Kier alpha value is -5.74. The van der Waals surface area contributed by atoms with E-state index in [2.05, 4.69) is 111 Å². The lowest BCUT2D eigenvalue weighted by Gasteiger charge is -2.24. The van der Waals surface area contributed by atoms with Crippen LogP contribution in [0.5, 0.6) is 0 Å². The summed E-state index contributed by atoms with van der Waals surface area (Å²) in [6.45, 7) is 6.70. The molecule has 0 unspecified atom stereocenters. The van der Waals surface area contributed by atoms with Crippen molar-refractivity contribution in [3.05, 3.63) is 138 Å². The molecule has 49 heavy (non-hydrogen) atoms. The highest BCUT2D eigenvalue weighted by atomic mass is 16.3. The molecule has 0 saturated carbocycles. The Morgan fingerprint density at radius 3 is 2.06 bits per heavy atom. The predicted octanol–water partition coefficient (Wildman–Crippen LogP) is 12.5. The molecule has 0 amide bonds. The van der Waals surface area contributed by atoms with E-state index in [4.69, 9.17) is 18.5 Å². The van der Waals surface area contributed by atoms with Crippen LogP contribution in [0.3, 0.4) is 0 Å². The monoisotopic (exact) mass is 638 g/mol. The third kappa shape index (κ3) is 4.51. The summed E-state index contributed by atoms with van der Waals surface area (Å²) in [6.07, 6.45) is 0. The Bertz CT molecular complexity index is 2820. The molecule has 4 nitrogen and oxygen atoms in total. The lowest BCUT2D eigenvalue weighted by atomic mass is 9.88. The average Bonchev–Trinajstić information content (AvgIpc) is 3.72. The molecule has 4 heteroatoms. The van der Waals surface area contributed by atoms with E-state index in [1.54, 1.807) is 0 Å². The van der Waals surface area contributed by atoms with E-state index in [1.165, 1.54) is 22.3 Å². The van der Waals surface area contributed by atoms with E-state index in [9.17, 15) is 0 Å². The van der Waals surface area contributed by atoms with E-state index in [-0.39, 0.29) is 17.5 Å². The number of furan rings is 1. The molecule has 0 aliphatic carbocycles. The molecule has 9 rings (SSSR count). The Balaban J connectivity index is 1.38. The van der Waals surface area contributed by atoms with Gasteiger partial charge < -0.3 is 4.42 Å². The molecule has 3 aromatic heterocycles. The first-order valence-electron chi connectivity index (χ1n) is 18.5. The fourth-order valence-corrected chi connectivity index (χ4v) is 7.56. The first-order valence-corrected chi connectivity index (χ1v) is 17.0. The second kappa shape index (κ2) is 11.2. The Morgan fingerprint density at radius 2 is 1.31 bits per heavy atom. The minimum Gasteiger partial charge on any atom is -0.455 e. The van der Waals surface area contributed by atoms with Crippen LogP contribution in [-0.2, 0) is 0 Å². The molecule has 0 fully saturated rings. The highest BCUT2D eigenvalue weighted by Crippen LogP contribution is 2.44. The number of aryl methyl sites for hydroxylation is 1. The van der Waals surface area contributed by atoms with Gasteiger partial charge in [0.25, 0.3) is 0 Å². The van der Waals surface area contributed by atoms with Gasteiger partial charge in [-0.1, -0.05) is 107 Å². The summed E-state index contributed by atoms with van der Waals surface area (Å²) in [5, 5.41) is 4.18. The molecule has 0 spiro atoms. The van der Waals surface area contributed by atoms with Crippen molar-refractivity contribution in [1.29, 1.82) is 0 Å². The van der Waals surface area contributed by atoms with Crippen molar-refractivity contribution in [1.82, 2.24) is 14.5 Å². The van der Waals surface area contributed by atoms with Gasteiger partial charge in [0.1, 0.15) is 17.0 Å².